The van der Waals surface area contributed by atoms with Crippen molar-refractivity contribution >= 4 is 57.8 Å². The first-order chi connectivity index (χ1) is 12.0. The zero-order valence-corrected chi connectivity index (χ0v) is 16.1. The Morgan fingerprint density at radius 1 is 1.08 bits per heavy atom. The Bertz CT molecular complexity index is 998. The van der Waals surface area contributed by atoms with Crippen molar-refractivity contribution in [3.05, 3.63) is 73.0 Å². The van der Waals surface area contributed by atoms with Gasteiger partial charge in [-0.25, -0.2) is 4.98 Å². The van der Waals surface area contributed by atoms with Crippen molar-refractivity contribution in [2.75, 3.05) is 0 Å². The van der Waals surface area contributed by atoms with Gasteiger partial charge in [0.2, 0.25) is 0 Å². The number of rotatable bonds is 3. The molecule has 0 unspecified atom stereocenters. The van der Waals surface area contributed by atoms with Gasteiger partial charge < -0.3 is 0 Å². The monoisotopic (exact) mass is 404 g/mol. The van der Waals surface area contributed by atoms with Gasteiger partial charge in [0.15, 0.2) is 0 Å². The molecule has 0 bridgehead atoms. The lowest BCUT2D eigenvalue weighted by Crippen LogP contribution is -1.84. The van der Waals surface area contributed by atoms with Gasteiger partial charge in [0, 0.05) is 15.5 Å². The molecule has 1 aromatic heterocycles. The molecule has 0 saturated carbocycles. The summed E-state index contributed by atoms with van der Waals surface area (Å²) >= 11 is 19.4. The van der Waals surface area contributed by atoms with Crippen LogP contribution in [0.3, 0.4) is 0 Å². The molecule has 0 N–H and O–H groups in total. The van der Waals surface area contributed by atoms with Crippen LogP contribution in [0.2, 0.25) is 15.1 Å². The van der Waals surface area contributed by atoms with Crippen molar-refractivity contribution in [3.63, 3.8) is 0 Å². The number of benzene rings is 2. The number of nitrogens with zero attached hydrogens (tertiary/aromatic N) is 2. The molecule has 0 aliphatic heterocycles. The van der Waals surface area contributed by atoms with Crippen LogP contribution in [0, 0.1) is 18.3 Å². The van der Waals surface area contributed by atoms with E-state index in [9.17, 15) is 5.26 Å². The van der Waals surface area contributed by atoms with E-state index in [-0.39, 0.29) is 0 Å². The molecule has 124 valence electrons. The second-order valence-corrected chi connectivity index (χ2v) is 7.73. The lowest BCUT2D eigenvalue weighted by atomic mass is 10.1. The fourth-order valence-corrected chi connectivity index (χ4v) is 3.62. The fourth-order valence-electron chi connectivity index (χ4n) is 2.29. The molecule has 0 amide bonds. The van der Waals surface area contributed by atoms with Crippen LogP contribution in [0.5, 0.6) is 0 Å². The highest BCUT2D eigenvalue weighted by Crippen LogP contribution is 2.34. The summed E-state index contributed by atoms with van der Waals surface area (Å²) in [7, 11) is 0. The number of halogens is 3. The average Bonchev–Trinajstić information content (AvgIpc) is 2.98. The first-order valence-corrected chi connectivity index (χ1v) is 9.23. The predicted molar refractivity (Wildman–Crippen MR) is 107 cm³/mol. The number of allylic oxidation sites excluding steroid dienone is 1. The lowest BCUT2D eigenvalue weighted by Gasteiger charge is -2.01. The third kappa shape index (κ3) is 4.05. The first kappa shape index (κ1) is 18.0. The molecule has 0 fully saturated rings. The van der Waals surface area contributed by atoms with Gasteiger partial charge in [-0.3, -0.25) is 0 Å². The van der Waals surface area contributed by atoms with Crippen LogP contribution in [0.4, 0.5) is 0 Å². The summed E-state index contributed by atoms with van der Waals surface area (Å²) in [5.41, 5.74) is 3.07. The Balaban J connectivity index is 2.01. The van der Waals surface area contributed by atoms with Crippen molar-refractivity contribution in [1.29, 1.82) is 5.26 Å². The summed E-state index contributed by atoms with van der Waals surface area (Å²) < 4.78 is 0. The maximum atomic E-state index is 9.53. The van der Waals surface area contributed by atoms with E-state index >= 15 is 0 Å². The molecule has 6 heteroatoms. The maximum Gasteiger partial charge on any atom is 0.134 e. The van der Waals surface area contributed by atoms with Crippen LogP contribution in [0.25, 0.3) is 22.9 Å². The van der Waals surface area contributed by atoms with Crippen LogP contribution in [0.1, 0.15) is 15.4 Å². The number of thiazole rings is 1. The number of aromatic nitrogens is 1. The van der Waals surface area contributed by atoms with Crippen LogP contribution < -0.4 is 0 Å². The van der Waals surface area contributed by atoms with E-state index < -0.39 is 0 Å². The average molecular weight is 406 g/mol. The van der Waals surface area contributed by atoms with Crippen molar-refractivity contribution in [2.24, 2.45) is 0 Å². The van der Waals surface area contributed by atoms with Gasteiger partial charge in [0.1, 0.15) is 11.1 Å². The van der Waals surface area contributed by atoms with Gasteiger partial charge in [-0.1, -0.05) is 53.0 Å². The van der Waals surface area contributed by atoms with E-state index in [0.29, 0.717) is 25.6 Å². The fraction of sp³-hybridized carbons (Fsp3) is 0.0526. The van der Waals surface area contributed by atoms with E-state index in [1.54, 1.807) is 30.3 Å². The largest absolute Gasteiger partial charge is 0.235 e. The number of aryl methyl sites for hydroxylation is 1. The summed E-state index contributed by atoms with van der Waals surface area (Å²) in [6, 6.07) is 14.9. The van der Waals surface area contributed by atoms with E-state index in [1.165, 1.54) is 11.3 Å². The van der Waals surface area contributed by atoms with Gasteiger partial charge in [-0.05, 0) is 42.8 Å². The summed E-state index contributed by atoms with van der Waals surface area (Å²) in [6.45, 7) is 1.97. The quantitative estimate of drug-likeness (QED) is 0.434. The molecule has 0 spiro atoms. The predicted octanol–water partition coefficient (Wildman–Crippen LogP) is 7.14. The van der Waals surface area contributed by atoms with Gasteiger partial charge in [0.25, 0.3) is 0 Å². The Hall–Kier alpha value is -1.83. The molecule has 0 aliphatic carbocycles. The smallest absolute Gasteiger partial charge is 0.134 e. The minimum Gasteiger partial charge on any atom is -0.235 e. The Morgan fingerprint density at radius 3 is 2.44 bits per heavy atom. The van der Waals surface area contributed by atoms with Crippen LogP contribution in [0.15, 0.2) is 42.5 Å². The molecule has 2 nitrogen and oxygen atoms in total. The first-order valence-electron chi connectivity index (χ1n) is 7.28. The molecule has 25 heavy (non-hydrogen) atoms. The van der Waals surface area contributed by atoms with E-state index in [1.807, 2.05) is 25.1 Å². The van der Waals surface area contributed by atoms with E-state index in [2.05, 4.69) is 11.1 Å². The molecule has 0 saturated heterocycles. The topological polar surface area (TPSA) is 36.7 Å². The summed E-state index contributed by atoms with van der Waals surface area (Å²) in [6.07, 6.45) is 1.80. The van der Waals surface area contributed by atoms with Gasteiger partial charge in [-0.15, -0.1) is 11.3 Å². The molecule has 1 heterocycles. The third-order valence-corrected chi connectivity index (χ3v) is 5.52. The van der Waals surface area contributed by atoms with Crippen LogP contribution in [-0.2, 0) is 0 Å². The van der Waals surface area contributed by atoms with E-state index in [4.69, 9.17) is 34.8 Å². The van der Waals surface area contributed by atoms with Crippen LogP contribution in [-0.4, -0.2) is 4.98 Å². The van der Waals surface area contributed by atoms with Crippen LogP contribution >= 0.6 is 46.1 Å². The Labute approximate surface area is 164 Å². The van der Waals surface area contributed by atoms with Crippen molar-refractivity contribution in [3.8, 4) is 17.3 Å². The van der Waals surface area contributed by atoms with Gasteiger partial charge in [-0.2, -0.15) is 5.26 Å². The molecular formula is C19H11Cl3N2S. The summed E-state index contributed by atoms with van der Waals surface area (Å²) in [5.74, 6) is 0. The lowest BCUT2D eigenvalue weighted by molar-refractivity contribution is 1.34. The Morgan fingerprint density at radius 2 is 1.80 bits per heavy atom. The molecule has 3 rings (SSSR count). The number of nitriles is 1. The zero-order valence-electron chi connectivity index (χ0n) is 13.1. The molecular weight excluding hydrogens is 395 g/mol. The third-order valence-electron chi connectivity index (χ3n) is 3.52. The van der Waals surface area contributed by atoms with Gasteiger partial charge >= 0.3 is 0 Å². The highest BCUT2D eigenvalue weighted by Gasteiger charge is 2.14. The SMILES string of the molecule is Cc1sc(/C(C#N)=C/c2ccc(Cl)cc2)nc1-c1ccc(Cl)c(Cl)c1. The highest BCUT2D eigenvalue weighted by atomic mass is 35.5. The van der Waals surface area contributed by atoms with Crippen molar-refractivity contribution in [1.82, 2.24) is 4.98 Å². The van der Waals surface area contributed by atoms with E-state index in [0.717, 1.165) is 21.7 Å². The molecule has 0 atom stereocenters. The number of hydrogen-bond donors (Lipinski definition) is 0. The second-order valence-electron chi connectivity index (χ2n) is 5.27. The molecule has 2 aromatic carbocycles. The van der Waals surface area contributed by atoms with Crippen molar-refractivity contribution in [2.45, 2.75) is 6.92 Å². The Kier molecular flexibility index (Phi) is 5.46. The van der Waals surface area contributed by atoms with Crippen molar-refractivity contribution < 1.29 is 0 Å². The molecule has 0 radical (unpaired) electrons. The summed E-state index contributed by atoms with van der Waals surface area (Å²) in [5, 5.41) is 11.8. The summed E-state index contributed by atoms with van der Waals surface area (Å²) in [4.78, 5) is 5.64. The minimum atomic E-state index is 0.477. The van der Waals surface area contributed by atoms with Gasteiger partial charge in [0.05, 0.1) is 21.3 Å². The molecule has 0 aliphatic rings. The second kappa shape index (κ2) is 7.59. The maximum absolute atomic E-state index is 9.53. The molecule has 3 aromatic rings. The highest BCUT2D eigenvalue weighted by molar-refractivity contribution is 7.13. The minimum absolute atomic E-state index is 0.477. The standard InChI is InChI=1S/C19H11Cl3N2S/c1-11-18(13-4-7-16(21)17(22)9-13)24-19(25-11)14(10-23)8-12-2-5-15(20)6-3-12/h2-9H,1H3/b14-8+. The zero-order chi connectivity index (χ0) is 18.0. The number of hydrogen-bond acceptors (Lipinski definition) is 3. The normalized spacial score (nSPS) is 11.4.